The highest BCUT2D eigenvalue weighted by atomic mass is 16.6. The van der Waals surface area contributed by atoms with Crippen molar-refractivity contribution >= 4 is 35.5 Å². The van der Waals surface area contributed by atoms with Crippen molar-refractivity contribution in [1.29, 1.82) is 5.26 Å². The van der Waals surface area contributed by atoms with E-state index in [9.17, 15) is 34.6 Å². The summed E-state index contributed by atoms with van der Waals surface area (Å²) in [6.45, 7) is 3.40. The smallest absolute Gasteiger partial charge is 0.343 e. The predicted octanol–water partition coefficient (Wildman–Crippen LogP) is 5.58. The molecule has 1 aromatic heterocycles. The number of hydrogen-bond donors (Lipinski definition) is 0. The van der Waals surface area contributed by atoms with Crippen LogP contribution >= 0.6 is 0 Å². The van der Waals surface area contributed by atoms with Crippen LogP contribution in [0.4, 0.5) is 5.69 Å². The second-order valence-corrected chi connectivity index (χ2v) is 9.64. The Morgan fingerprint density at radius 3 is 2.02 bits per heavy atom. The van der Waals surface area contributed by atoms with Crippen LogP contribution in [-0.2, 0) is 9.47 Å². The molecule has 0 bridgehead atoms. The minimum Gasteiger partial charge on any atom is -0.465 e. The molecule has 0 radical (unpaired) electrons. The quantitative estimate of drug-likeness (QED) is 0.0445. The van der Waals surface area contributed by atoms with E-state index in [4.69, 9.17) is 14.2 Å². The summed E-state index contributed by atoms with van der Waals surface area (Å²) in [5, 5.41) is 20.8. The number of ether oxygens (including phenoxy) is 3. The summed E-state index contributed by atoms with van der Waals surface area (Å²) < 4.78 is 16.6. The fourth-order valence-corrected chi connectivity index (χ4v) is 4.61. The largest absolute Gasteiger partial charge is 0.465 e. The summed E-state index contributed by atoms with van der Waals surface area (Å²) in [6, 6.07) is 19.0. The van der Waals surface area contributed by atoms with Crippen LogP contribution in [0.25, 0.3) is 11.8 Å². The fourth-order valence-electron chi connectivity index (χ4n) is 4.61. The molecule has 0 spiro atoms. The van der Waals surface area contributed by atoms with E-state index < -0.39 is 28.6 Å². The number of aromatic nitrogens is 1. The number of nitro groups is 1. The number of nitrogens with zero attached hydrogens (tertiary/aromatic N) is 3. The number of hydrogen-bond acceptors (Lipinski definition) is 10. The Kier molecular flexibility index (Phi) is 9.34. The molecule has 0 N–H and O–H groups in total. The molecule has 4 aromatic rings. The lowest BCUT2D eigenvalue weighted by Crippen LogP contribution is -2.10. The molecular formula is C33H25N3O9. The van der Waals surface area contributed by atoms with Crippen LogP contribution in [0, 0.1) is 35.3 Å². The Labute approximate surface area is 256 Å². The van der Waals surface area contributed by atoms with Crippen LogP contribution in [0.5, 0.6) is 5.75 Å². The molecule has 0 fully saturated rings. The first-order valence-electron chi connectivity index (χ1n) is 13.2. The molecule has 12 heteroatoms. The van der Waals surface area contributed by atoms with Gasteiger partial charge in [0.1, 0.15) is 17.4 Å². The Morgan fingerprint density at radius 2 is 1.47 bits per heavy atom. The van der Waals surface area contributed by atoms with Crippen molar-refractivity contribution in [3.63, 3.8) is 0 Å². The van der Waals surface area contributed by atoms with E-state index in [2.05, 4.69) is 0 Å². The van der Waals surface area contributed by atoms with E-state index in [0.29, 0.717) is 22.6 Å². The van der Waals surface area contributed by atoms with Gasteiger partial charge in [-0.05, 0) is 68.0 Å². The molecule has 1 heterocycles. The molecule has 12 nitrogen and oxygen atoms in total. The standard InChI is InChI=1S/C33H25N3O9/c1-19-12-29(20(2)35(19)27-16-23(31(38)43-3)14-24(17-27)32(39)44-4)30(37)25(18-34)13-21-8-10-28(11-9-21)45-33(40)22-6-5-7-26(15-22)36(41)42/h5-17H,1-4H3/b25-13+. The maximum absolute atomic E-state index is 13.5. The highest BCUT2D eigenvalue weighted by molar-refractivity contribution is 6.15. The average molecular weight is 608 g/mol. The molecule has 4 rings (SSSR count). The minimum absolute atomic E-state index is 0.00155. The van der Waals surface area contributed by atoms with Crippen molar-refractivity contribution < 1.29 is 38.3 Å². The molecule has 3 aromatic carbocycles. The minimum atomic E-state index is -0.791. The number of methoxy groups -OCH3 is 2. The van der Waals surface area contributed by atoms with E-state index in [0.717, 1.165) is 6.07 Å². The number of rotatable bonds is 9. The van der Waals surface area contributed by atoms with Gasteiger partial charge in [0.15, 0.2) is 0 Å². The summed E-state index contributed by atoms with van der Waals surface area (Å²) in [5.41, 5.74) is 1.95. The molecule has 0 unspecified atom stereocenters. The van der Waals surface area contributed by atoms with Gasteiger partial charge in [0, 0.05) is 34.8 Å². The zero-order chi connectivity index (χ0) is 32.8. The first kappa shape index (κ1) is 31.6. The number of esters is 3. The molecule has 0 aliphatic rings. The van der Waals surface area contributed by atoms with Crippen LogP contribution in [-0.4, -0.2) is 47.4 Å². The highest BCUT2D eigenvalue weighted by Crippen LogP contribution is 2.26. The van der Waals surface area contributed by atoms with Gasteiger partial charge in [0.05, 0.1) is 35.8 Å². The lowest BCUT2D eigenvalue weighted by atomic mass is 10.0. The normalized spacial score (nSPS) is 10.9. The molecule has 0 aliphatic carbocycles. The third-order valence-corrected chi connectivity index (χ3v) is 6.75. The van der Waals surface area contributed by atoms with E-state index in [1.807, 2.05) is 6.07 Å². The maximum Gasteiger partial charge on any atom is 0.343 e. The van der Waals surface area contributed by atoms with E-state index in [1.165, 1.54) is 81.0 Å². The summed E-state index contributed by atoms with van der Waals surface area (Å²) in [6.07, 6.45) is 1.38. The van der Waals surface area contributed by atoms with Gasteiger partial charge < -0.3 is 18.8 Å². The molecule has 0 saturated carbocycles. The molecule has 0 aliphatic heterocycles. The van der Waals surface area contributed by atoms with Gasteiger partial charge in [-0.2, -0.15) is 5.26 Å². The molecular weight excluding hydrogens is 582 g/mol. The second-order valence-electron chi connectivity index (χ2n) is 9.64. The van der Waals surface area contributed by atoms with Gasteiger partial charge in [0.25, 0.3) is 5.69 Å². The van der Waals surface area contributed by atoms with Crippen molar-refractivity contribution in [3.05, 3.63) is 128 Å². The topological polar surface area (TPSA) is 168 Å². The van der Waals surface area contributed by atoms with Crippen molar-refractivity contribution in [2.45, 2.75) is 13.8 Å². The Morgan fingerprint density at radius 1 is 0.844 bits per heavy atom. The number of carbonyl (C=O) groups is 4. The van der Waals surface area contributed by atoms with Crippen molar-refractivity contribution in [1.82, 2.24) is 4.57 Å². The summed E-state index contributed by atoms with van der Waals surface area (Å²) in [4.78, 5) is 60.9. The molecule has 0 atom stereocenters. The molecule has 0 amide bonds. The van der Waals surface area contributed by atoms with Gasteiger partial charge >= 0.3 is 17.9 Å². The Bertz CT molecular complexity index is 1900. The number of nitriles is 1. The van der Waals surface area contributed by atoms with Crippen LogP contribution in [0.2, 0.25) is 0 Å². The summed E-state index contributed by atoms with van der Waals surface area (Å²) in [7, 11) is 2.43. The fraction of sp³-hybridized carbons (Fsp3) is 0.121. The number of non-ortho nitro benzene ring substituents is 1. The van der Waals surface area contributed by atoms with Gasteiger partial charge in [-0.15, -0.1) is 0 Å². The summed E-state index contributed by atoms with van der Waals surface area (Å²) in [5.74, 6) is -2.53. The van der Waals surface area contributed by atoms with Gasteiger partial charge in [-0.3, -0.25) is 14.9 Å². The van der Waals surface area contributed by atoms with Crippen LogP contribution < -0.4 is 4.74 Å². The van der Waals surface area contributed by atoms with Gasteiger partial charge in [-0.25, -0.2) is 14.4 Å². The van der Waals surface area contributed by atoms with Gasteiger partial charge in [-0.1, -0.05) is 18.2 Å². The highest BCUT2D eigenvalue weighted by Gasteiger charge is 2.22. The average Bonchev–Trinajstić information content (AvgIpc) is 3.35. The summed E-state index contributed by atoms with van der Waals surface area (Å²) >= 11 is 0. The zero-order valence-corrected chi connectivity index (χ0v) is 24.5. The Hall–Kier alpha value is -6.35. The van der Waals surface area contributed by atoms with E-state index in [-0.39, 0.29) is 39.3 Å². The lowest BCUT2D eigenvalue weighted by Gasteiger charge is -2.13. The molecule has 0 saturated heterocycles. The van der Waals surface area contributed by atoms with Crippen LogP contribution in [0.3, 0.4) is 0 Å². The monoisotopic (exact) mass is 607 g/mol. The van der Waals surface area contributed by atoms with Crippen molar-refractivity contribution in [2.75, 3.05) is 14.2 Å². The number of benzene rings is 3. The number of nitro benzene ring substituents is 1. The second kappa shape index (κ2) is 13.3. The number of aryl methyl sites for hydroxylation is 1. The van der Waals surface area contributed by atoms with E-state index in [1.54, 1.807) is 24.5 Å². The number of carbonyl (C=O) groups excluding carboxylic acids is 4. The van der Waals surface area contributed by atoms with Gasteiger partial charge in [0.2, 0.25) is 5.78 Å². The SMILES string of the molecule is COC(=O)c1cc(C(=O)OC)cc(-n2c(C)cc(C(=O)/C(C#N)=C/c3ccc(OC(=O)c4cccc([N+](=O)[O-])c4)cc3)c2C)c1. The van der Waals surface area contributed by atoms with Crippen LogP contribution in [0.1, 0.15) is 58.4 Å². The first-order chi connectivity index (χ1) is 21.5. The van der Waals surface area contributed by atoms with Crippen LogP contribution in [0.15, 0.2) is 78.4 Å². The maximum atomic E-state index is 13.5. The third-order valence-electron chi connectivity index (χ3n) is 6.75. The number of allylic oxidation sites excluding steroid dienone is 1. The van der Waals surface area contributed by atoms with Crippen molar-refractivity contribution in [2.24, 2.45) is 0 Å². The third kappa shape index (κ3) is 6.84. The Balaban J connectivity index is 1.61. The predicted molar refractivity (Wildman–Crippen MR) is 160 cm³/mol. The van der Waals surface area contributed by atoms with Crippen molar-refractivity contribution in [3.8, 4) is 17.5 Å². The zero-order valence-electron chi connectivity index (χ0n) is 24.5. The number of Topliss-reactive ketones (excluding diaryl/α,β-unsaturated/α-hetero) is 1. The van der Waals surface area contributed by atoms with E-state index >= 15 is 0 Å². The first-order valence-corrected chi connectivity index (χ1v) is 13.2. The molecule has 226 valence electrons. The lowest BCUT2D eigenvalue weighted by molar-refractivity contribution is -0.384. The molecule has 45 heavy (non-hydrogen) atoms. The number of ketones is 1.